The molecule has 4 heteroatoms. The summed E-state index contributed by atoms with van der Waals surface area (Å²) in [5, 5.41) is 4.00. The lowest BCUT2D eigenvalue weighted by Gasteiger charge is -2.17. The first-order valence-corrected chi connectivity index (χ1v) is 6.29. The van der Waals surface area contributed by atoms with Crippen LogP contribution in [0.15, 0.2) is 42.5 Å². The zero-order chi connectivity index (χ0) is 13.1. The van der Waals surface area contributed by atoms with Crippen molar-refractivity contribution in [2.24, 2.45) is 0 Å². The van der Waals surface area contributed by atoms with Crippen LogP contribution in [0.2, 0.25) is 10.0 Å². The fourth-order valence-electron chi connectivity index (χ4n) is 1.68. The second kappa shape index (κ2) is 5.59. The number of hydrogen-bond acceptors (Lipinski definition) is 1. The van der Waals surface area contributed by atoms with Gasteiger partial charge in [0.25, 0.3) is 0 Å². The van der Waals surface area contributed by atoms with Gasteiger partial charge in [0.1, 0.15) is 5.82 Å². The Hall–Kier alpha value is -1.25. The van der Waals surface area contributed by atoms with E-state index in [1.165, 1.54) is 6.07 Å². The zero-order valence-corrected chi connectivity index (χ0v) is 11.3. The van der Waals surface area contributed by atoms with Crippen LogP contribution in [0.1, 0.15) is 18.5 Å². The van der Waals surface area contributed by atoms with Gasteiger partial charge in [-0.25, -0.2) is 4.39 Å². The topological polar surface area (TPSA) is 12.0 Å². The van der Waals surface area contributed by atoms with Crippen LogP contribution >= 0.6 is 23.2 Å². The molecule has 2 aromatic carbocycles. The summed E-state index contributed by atoms with van der Waals surface area (Å²) in [5.74, 6) is -0.415. The van der Waals surface area contributed by atoms with Crippen molar-refractivity contribution in [3.63, 3.8) is 0 Å². The van der Waals surface area contributed by atoms with Gasteiger partial charge in [0.2, 0.25) is 0 Å². The van der Waals surface area contributed by atoms with E-state index in [0.717, 1.165) is 11.3 Å². The molecule has 18 heavy (non-hydrogen) atoms. The molecular formula is C14H12Cl2FN. The average molecular weight is 284 g/mol. The summed E-state index contributed by atoms with van der Waals surface area (Å²) in [7, 11) is 0. The molecule has 94 valence electrons. The van der Waals surface area contributed by atoms with E-state index in [2.05, 4.69) is 5.32 Å². The zero-order valence-electron chi connectivity index (χ0n) is 9.75. The minimum Gasteiger partial charge on any atom is -0.377 e. The molecule has 0 aliphatic carbocycles. The molecule has 0 saturated carbocycles. The minimum atomic E-state index is -0.415. The molecule has 0 aliphatic heterocycles. The Bertz CT molecular complexity index is 557. The van der Waals surface area contributed by atoms with E-state index in [1.54, 1.807) is 18.2 Å². The molecule has 0 amide bonds. The Labute approximate surface area is 116 Å². The second-order valence-corrected chi connectivity index (χ2v) is 4.83. The number of rotatable bonds is 3. The fraction of sp³-hybridized carbons (Fsp3) is 0.143. The summed E-state index contributed by atoms with van der Waals surface area (Å²) in [4.78, 5) is 0. The van der Waals surface area contributed by atoms with Crippen LogP contribution in [0, 0.1) is 5.82 Å². The Kier molecular flexibility index (Phi) is 4.10. The molecule has 1 unspecified atom stereocenters. The minimum absolute atomic E-state index is 0.0586. The molecule has 2 aromatic rings. The van der Waals surface area contributed by atoms with Gasteiger partial charge in [0, 0.05) is 6.04 Å². The molecule has 0 bridgehead atoms. The first-order valence-electron chi connectivity index (χ1n) is 5.54. The molecule has 0 fully saturated rings. The number of benzene rings is 2. The highest BCUT2D eigenvalue weighted by molar-refractivity contribution is 6.33. The second-order valence-electron chi connectivity index (χ2n) is 4.02. The van der Waals surface area contributed by atoms with E-state index in [0.29, 0.717) is 5.02 Å². The van der Waals surface area contributed by atoms with Crippen molar-refractivity contribution >= 4 is 28.9 Å². The summed E-state index contributed by atoms with van der Waals surface area (Å²) in [6.07, 6.45) is 0. The molecule has 0 aromatic heterocycles. The maximum Gasteiger partial charge on any atom is 0.142 e. The van der Waals surface area contributed by atoms with Crippen LogP contribution in [-0.2, 0) is 0 Å². The van der Waals surface area contributed by atoms with E-state index in [9.17, 15) is 4.39 Å². The lowest BCUT2D eigenvalue weighted by molar-refractivity contribution is 0.624. The number of para-hydroxylation sites is 1. The van der Waals surface area contributed by atoms with Gasteiger partial charge >= 0.3 is 0 Å². The predicted octanol–water partition coefficient (Wildman–Crippen LogP) is 5.31. The number of nitrogens with one attached hydrogen (secondary N) is 1. The Morgan fingerprint density at radius 1 is 1.06 bits per heavy atom. The van der Waals surface area contributed by atoms with Crippen molar-refractivity contribution < 1.29 is 4.39 Å². The van der Waals surface area contributed by atoms with Gasteiger partial charge in [-0.2, -0.15) is 0 Å². The van der Waals surface area contributed by atoms with E-state index < -0.39 is 5.82 Å². The maximum absolute atomic E-state index is 13.4. The van der Waals surface area contributed by atoms with Crippen LogP contribution < -0.4 is 5.32 Å². The van der Waals surface area contributed by atoms with E-state index in [4.69, 9.17) is 23.2 Å². The molecule has 1 nitrogen and oxygen atoms in total. The van der Waals surface area contributed by atoms with Crippen LogP contribution in [0.5, 0.6) is 0 Å². The van der Waals surface area contributed by atoms with Crippen LogP contribution in [-0.4, -0.2) is 0 Å². The third-order valence-corrected chi connectivity index (χ3v) is 3.33. The molecule has 0 heterocycles. The van der Waals surface area contributed by atoms with Crippen molar-refractivity contribution in [3.8, 4) is 0 Å². The van der Waals surface area contributed by atoms with Gasteiger partial charge in [-0.1, -0.05) is 41.4 Å². The molecule has 0 saturated heterocycles. The van der Waals surface area contributed by atoms with Gasteiger partial charge < -0.3 is 5.32 Å². The SMILES string of the molecule is CC(Nc1ccccc1Cl)c1ccc(Cl)c(F)c1. The summed E-state index contributed by atoms with van der Waals surface area (Å²) in [5.41, 5.74) is 1.64. The lowest BCUT2D eigenvalue weighted by atomic mass is 10.1. The van der Waals surface area contributed by atoms with Crippen molar-refractivity contribution in [2.45, 2.75) is 13.0 Å². The maximum atomic E-state index is 13.4. The van der Waals surface area contributed by atoms with Crippen molar-refractivity contribution in [1.29, 1.82) is 0 Å². The summed E-state index contributed by atoms with van der Waals surface area (Å²) in [6, 6.07) is 12.2. The summed E-state index contributed by atoms with van der Waals surface area (Å²) in [6.45, 7) is 1.94. The molecule has 1 N–H and O–H groups in total. The third kappa shape index (κ3) is 2.95. The van der Waals surface area contributed by atoms with Crippen molar-refractivity contribution in [1.82, 2.24) is 0 Å². The van der Waals surface area contributed by atoms with E-state index >= 15 is 0 Å². The Balaban J connectivity index is 2.19. The van der Waals surface area contributed by atoms with E-state index in [1.807, 2.05) is 25.1 Å². The fourth-order valence-corrected chi connectivity index (χ4v) is 1.98. The van der Waals surface area contributed by atoms with Gasteiger partial charge in [-0.05, 0) is 36.8 Å². The van der Waals surface area contributed by atoms with Gasteiger partial charge in [0.05, 0.1) is 15.7 Å². The Morgan fingerprint density at radius 2 is 1.78 bits per heavy atom. The third-order valence-electron chi connectivity index (χ3n) is 2.69. The molecule has 0 aliphatic rings. The van der Waals surface area contributed by atoms with Crippen molar-refractivity contribution in [2.75, 3.05) is 5.32 Å². The quantitative estimate of drug-likeness (QED) is 0.805. The van der Waals surface area contributed by atoms with Crippen LogP contribution in [0.25, 0.3) is 0 Å². The smallest absolute Gasteiger partial charge is 0.142 e. The average Bonchev–Trinajstić information content (AvgIpc) is 2.35. The monoisotopic (exact) mass is 283 g/mol. The summed E-state index contributed by atoms with van der Waals surface area (Å²) < 4.78 is 13.4. The highest BCUT2D eigenvalue weighted by Crippen LogP contribution is 2.27. The normalized spacial score (nSPS) is 12.2. The van der Waals surface area contributed by atoms with E-state index in [-0.39, 0.29) is 11.1 Å². The number of hydrogen-bond donors (Lipinski definition) is 1. The molecule has 0 radical (unpaired) electrons. The highest BCUT2D eigenvalue weighted by Gasteiger charge is 2.09. The lowest BCUT2D eigenvalue weighted by Crippen LogP contribution is -2.07. The van der Waals surface area contributed by atoms with Gasteiger partial charge in [-0.15, -0.1) is 0 Å². The van der Waals surface area contributed by atoms with Gasteiger partial charge in [0.15, 0.2) is 0 Å². The van der Waals surface area contributed by atoms with Crippen molar-refractivity contribution in [3.05, 3.63) is 63.9 Å². The first kappa shape index (κ1) is 13.2. The number of anilines is 1. The molecule has 2 rings (SSSR count). The van der Waals surface area contributed by atoms with Gasteiger partial charge in [-0.3, -0.25) is 0 Å². The number of halogens is 3. The predicted molar refractivity (Wildman–Crippen MR) is 74.9 cm³/mol. The van der Waals surface area contributed by atoms with Crippen LogP contribution in [0.4, 0.5) is 10.1 Å². The molecular weight excluding hydrogens is 272 g/mol. The summed E-state index contributed by atoms with van der Waals surface area (Å²) >= 11 is 11.7. The molecule has 0 spiro atoms. The molecule has 1 atom stereocenters. The van der Waals surface area contributed by atoms with Crippen LogP contribution in [0.3, 0.4) is 0 Å². The highest BCUT2D eigenvalue weighted by atomic mass is 35.5. The largest absolute Gasteiger partial charge is 0.377 e. The first-order chi connectivity index (χ1) is 8.58. The standard InChI is InChI=1S/C14H12Cl2FN/c1-9(10-6-7-11(15)13(17)8-10)18-14-5-3-2-4-12(14)16/h2-9,18H,1H3. The Morgan fingerprint density at radius 3 is 2.44 bits per heavy atom.